The standard InChI is InChI=1S/C25H23ClFN3O4/c1-33-25(32)22-16-34-23(28-22)15-29-10-12-30(13-11-29)24(31)14-21(17-2-6-19(26)7-3-17)18-4-8-20(27)9-5-18/h2-9,14,16H,10-13,15H2,1H3/b21-14+. The summed E-state index contributed by atoms with van der Waals surface area (Å²) in [6.07, 6.45) is 2.86. The van der Waals surface area contributed by atoms with Gasteiger partial charge in [-0.3, -0.25) is 9.69 Å². The molecule has 0 spiro atoms. The van der Waals surface area contributed by atoms with Gasteiger partial charge in [0.25, 0.3) is 0 Å². The first-order valence-corrected chi connectivity index (χ1v) is 11.1. The minimum Gasteiger partial charge on any atom is -0.464 e. The Morgan fingerprint density at radius 2 is 1.68 bits per heavy atom. The molecule has 1 saturated heterocycles. The maximum atomic E-state index is 13.5. The summed E-state index contributed by atoms with van der Waals surface area (Å²) in [5.41, 5.74) is 2.38. The van der Waals surface area contributed by atoms with Gasteiger partial charge in [0.2, 0.25) is 11.8 Å². The van der Waals surface area contributed by atoms with Crippen LogP contribution >= 0.6 is 11.6 Å². The first-order valence-electron chi connectivity index (χ1n) is 10.7. The zero-order valence-corrected chi connectivity index (χ0v) is 19.3. The van der Waals surface area contributed by atoms with Crippen molar-refractivity contribution in [1.82, 2.24) is 14.8 Å². The van der Waals surface area contributed by atoms with E-state index in [0.717, 1.165) is 11.1 Å². The van der Waals surface area contributed by atoms with Crippen molar-refractivity contribution in [2.75, 3.05) is 33.3 Å². The van der Waals surface area contributed by atoms with Crippen LogP contribution in [0.4, 0.5) is 4.39 Å². The number of amides is 1. The van der Waals surface area contributed by atoms with E-state index in [1.54, 1.807) is 35.2 Å². The number of rotatable bonds is 6. The van der Waals surface area contributed by atoms with Gasteiger partial charge in [-0.15, -0.1) is 0 Å². The number of hydrogen-bond acceptors (Lipinski definition) is 6. The summed E-state index contributed by atoms with van der Waals surface area (Å²) in [7, 11) is 1.29. The van der Waals surface area contributed by atoms with E-state index >= 15 is 0 Å². The minimum atomic E-state index is -0.546. The van der Waals surface area contributed by atoms with Crippen LogP contribution in [0.3, 0.4) is 0 Å². The fourth-order valence-electron chi connectivity index (χ4n) is 3.71. The Balaban J connectivity index is 1.44. The smallest absolute Gasteiger partial charge is 0.360 e. The number of piperazine rings is 1. The second-order valence-corrected chi connectivity index (χ2v) is 8.23. The van der Waals surface area contributed by atoms with Gasteiger partial charge < -0.3 is 14.1 Å². The predicted molar refractivity (Wildman–Crippen MR) is 125 cm³/mol. The molecule has 176 valence electrons. The van der Waals surface area contributed by atoms with Gasteiger partial charge in [-0.1, -0.05) is 35.9 Å². The van der Waals surface area contributed by atoms with Gasteiger partial charge in [-0.05, 0) is 41.0 Å². The summed E-state index contributed by atoms with van der Waals surface area (Å²) in [6.45, 7) is 2.74. The molecule has 2 aromatic carbocycles. The summed E-state index contributed by atoms with van der Waals surface area (Å²) in [5.74, 6) is -0.597. The molecule has 0 atom stereocenters. The number of carbonyl (C=O) groups excluding carboxylic acids is 2. The molecule has 7 nitrogen and oxygen atoms in total. The number of ether oxygens (including phenoxy) is 1. The van der Waals surface area contributed by atoms with Gasteiger partial charge in [0.15, 0.2) is 5.69 Å². The van der Waals surface area contributed by atoms with Crippen LogP contribution in [0.15, 0.2) is 65.3 Å². The molecule has 1 aliphatic rings. The van der Waals surface area contributed by atoms with Crippen LogP contribution in [0.5, 0.6) is 0 Å². The highest BCUT2D eigenvalue weighted by Gasteiger charge is 2.23. The fraction of sp³-hybridized carbons (Fsp3) is 0.240. The minimum absolute atomic E-state index is 0.127. The predicted octanol–water partition coefficient (Wildman–Crippen LogP) is 4.03. The number of benzene rings is 2. The van der Waals surface area contributed by atoms with E-state index < -0.39 is 5.97 Å². The molecule has 9 heteroatoms. The summed E-state index contributed by atoms with van der Waals surface area (Å²) < 4.78 is 23.4. The van der Waals surface area contributed by atoms with Crippen molar-refractivity contribution >= 4 is 29.1 Å². The first-order chi connectivity index (χ1) is 16.4. The van der Waals surface area contributed by atoms with E-state index in [2.05, 4.69) is 14.6 Å². The Bertz CT molecular complexity index is 1140. The van der Waals surface area contributed by atoms with Crippen LogP contribution in [-0.4, -0.2) is 59.9 Å². The summed E-state index contributed by atoms with van der Waals surface area (Å²) >= 11 is 6.02. The van der Waals surface area contributed by atoms with Crippen molar-refractivity contribution in [3.63, 3.8) is 0 Å². The SMILES string of the molecule is COC(=O)c1coc(CN2CCN(C(=O)/C=C(/c3ccc(F)cc3)c3ccc(Cl)cc3)CC2)n1. The van der Waals surface area contributed by atoms with Crippen molar-refractivity contribution < 1.29 is 23.1 Å². The number of carbonyl (C=O) groups is 2. The molecule has 1 amide bonds. The molecule has 2 heterocycles. The first kappa shape index (κ1) is 23.7. The number of methoxy groups -OCH3 is 1. The highest BCUT2D eigenvalue weighted by Crippen LogP contribution is 2.25. The van der Waals surface area contributed by atoms with Crippen molar-refractivity contribution in [3.8, 4) is 0 Å². The quantitative estimate of drug-likeness (QED) is 0.389. The van der Waals surface area contributed by atoms with Crippen molar-refractivity contribution in [1.29, 1.82) is 0 Å². The Labute approximate surface area is 201 Å². The number of oxazole rings is 1. The number of hydrogen-bond donors (Lipinski definition) is 0. The highest BCUT2D eigenvalue weighted by molar-refractivity contribution is 6.30. The van der Waals surface area contributed by atoms with E-state index in [9.17, 15) is 14.0 Å². The average Bonchev–Trinajstić information content (AvgIpc) is 3.32. The summed E-state index contributed by atoms with van der Waals surface area (Å²) in [6, 6.07) is 13.2. The monoisotopic (exact) mass is 483 g/mol. The second-order valence-electron chi connectivity index (χ2n) is 7.79. The third kappa shape index (κ3) is 5.70. The molecule has 1 fully saturated rings. The van der Waals surface area contributed by atoms with Gasteiger partial charge in [-0.25, -0.2) is 14.2 Å². The number of aromatic nitrogens is 1. The van der Waals surface area contributed by atoms with Gasteiger partial charge >= 0.3 is 5.97 Å². The van der Waals surface area contributed by atoms with Crippen LogP contribution in [0.2, 0.25) is 5.02 Å². The van der Waals surface area contributed by atoms with Crippen molar-refractivity contribution in [2.24, 2.45) is 0 Å². The fourth-order valence-corrected chi connectivity index (χ4v) is 3.83. The second kappa shape index (κ2) is 10.6. The molecule has 3 aromatic rings. The van der Waals surface area contributed by atoms with E-state index in [1.165, 1.54) is 25.5 Å². The Kier molecular flexibility index (Phi) is 7.40. The molecule has 0 radical (unpaired) electrons. The van der Waals surface area contributed by atoms with Crippen molar-refractivity contribution in [2.45, 2.75) is 6.54 Å². The molecule has 34 heavy (non-hydrogen) atoms. The highest BCUT2D eigenvalue weighted by atomic mass is 35.5. The molecule has 0 N–H and O–H groups in total. The lowest BCUT2D eigenvalue weighted by Crippen LogP contribution is -2.47. The Hall–Kier alpha value is -3.49. The average molecular weight is 484 g/mol. The topological polar surface area (TPSA) is 75.9 Å². The molecule has 0 bridgehead atoms. The maximum Gasteiger partial charge on any atom is 0.360 e. The Morgan fingerprint density at radius 1 is 1.06 bits per heavy atom. The molecular weight excluding hydrogens is 461 g/mol. The molecular formula is C25H23ClFN3O4. The van der Waals surface area contributed by atoms with E-state index in [0.29, 0.717) is 49.2 Å². The Morgan fingerprint density at radius 3 is 2.29 bits per heavy atom. The van der Waals surface area contributed by atoms with Gasteiger partial charge in [0.05, 0.1) is 13.7 Å². The molecule has 0 unspecified atom stereocenters. The molecule has 4 rings (SSSR count). The van der Waals surface area contributed by atoms with Crippen LogP contribution in [0.1, 0.15) is 27.5 Å². The van der Waals surface area contributed by atoms with Gasteiger partial charge in [0.1, 0.15) is 12.1 Å². The number of esters is 1. The largest absolute Gasteiger partial charge is 0.464 e. The number of halogens is 2. The van der Waals surface area contributed by atoms with E-state index in [-0.39, 0.29) is 17.4 Å². The lowest BCUT2D eigenvalue weighted by Gasteiger charge is -2.33. The van der Waals surface area contributed by atoms with Gasteiger partial charge in [-0.2, -0.15) is 0 Å². The zero-order valence-electron chi connectivity index (χ0n) is 18.5. The molecule has 0 saturated carbocycles. The lowest BCUT2D eigenvalue weighted by molar-refractivity contribution is -0.127. The summed E-state index contributed by atoms with van der Waals surface area (Å²) in [4.78, 5) is 32.7. The van der Waals surface area contributed by atoms with Crippen LogP contribution < -0.4 is 0 Å². The maximum absolute atomic E-state index is 13.5. The summed E-state index contributed by atoms with van der Waals surface area (Å²) in [5, 5.41) is 0.592. The third-order valence-electron chi connectivity index (χ3n) is 5.57. The normalized spacial score (nSPS) is 14.8. The van der Waals surface area contributed by atoms with E-state index in [1.807, 2.05) is 12.1 Å². The van der Waals surface area contributed by atoms with Crippen molar-refractivity contribution in [3.05, 3.63) is 94.4 Å². The van der Waals surface area contributed by atoms with Crippen LogP contribution in [-0.2, 0) is 16.1 Å². The lowest BCUT2D eigenvalue weighted by atomic mass is 9.97. The van der Waals surface area contributed by atoms with Crippen LogP contribution in [0, 0.1) is 5.82 Å². The zero-order chi connectivity index (χ0) is 24.1. The van der Waals surface area contributed by atoms with E-state index in [4.69, 9.17) is 16.0 Å². The van der Waals surface area contributed by atoms with Gasteiger partial charge in [0, 0.05) is 37.3 Å². The number of nitrogens with zero attached hydrogens (tertiary/aromatic N) is 3. The molecule has 0 aliphatic carbocycles. The molecule has 1 aliphatic heterocycles. The molecule has 1 aromatic heterocycles. The van der Waals surface area contributed by atoms with Crippen LogP contribution in [0.25, 0.3) is 5.57 Å². The third-order valence-corrected chi connectivity index (χ3v) is 5.82.